The molecule has 156 valence electrons. The fraction of sp³-hybridized carbons (Fsp3) is 0.350. The molecule has 10 heteroatoms. The van der Waals surface area contributed by atoms with Crippen molar-refractivity contribution < 1.29 is 18.0 Å². The van der Waals surface area contributed by atoms with Gasteiger partial charge in [-0.15, -0.1) is 0 Å². The average Bonchev–Trinajstić information content (AvgIpc) is 3.48. The predicted molar refractivity (Wildman–Crippen MR) is 103 cm³/mol. The number of carbonyl (C=O) groups is 1. The molecule has 1 atom stereocenters. The first-order valence-corrected chi connectivity index (χ1v) is 9.24. The lowest BCUT2D eigenvalue weighted by Gasteiger charge is -2.40. The van der Waals surface area contributed by atoms with E-state index in [0.29, 0.717) is 6.92 Å². The molecule has 0 saturated heterocycles. The van der Waals surface area contributed by atoms with Gasteiger partial charge in [0.05, 0.1) is 6.54 Å². The van der Waals surface area contributed by atoms with Crippen LogP contribution >= 0.6 is 0 Å². The molecule has 1 aliphatic carbocycles. The van der Waals surface area contributed by atoms with Crippen LogP contribution in [0.5, 0.6) is 0 Å². The second-order valence-electron chi connectivity index (χ2n) is 7.50. The molecule has 4 rings (SSSR count). The number of benzene rings is 1. The monoisotopic (exact) mass is 417 g/mol. The summed E-state index contributed by atoms with van der Waals surface area (Å²) in [5, 5.41) is 4.63. The number of nitrogens with one attached hydrogen (secondary N) is 2. The Hall–Kier alpha value is -3.48. The molecule has 0 unspecified atom stereocenters. The number of nitrogens with two attached hydrogens (primary N) is 1. The molecule has 2 aliphatic rings. The first-order chi connectivity index (χ1) is 14.1. The highest BCUT2D eigenvalue weighted by molar-refractivity contribution is 5.95. The molecule has 0 bridgehead atoms. The Bertz CT molecular complexity index is 1160. The van der Waals surface area contributed by atoms with Crippen LogP contribution in [-0.2, 0) is 12.1 Å². The van der Waals surface area contributed by atoms with Crippen LogP contribution in [0.25, 0.3) is 0 Å². The predicted octanol–water partition coefficient (Wildman–Crippen LogP) is 2.41. The Kier molecular flexibility index (Phi) is 4.49. The van der Waals surface area contributed by atoms with E-state index in [1.807, 2.05) is 0 Å². The summed E-state index contributed by atoms with van der Waals surface area (Å²) in [5.41, 5.74) is 2.32. The van der Waals surface area contributed by atoms with Gasteiger partial charge in [0.25, 0.3) is 11.5 Å². The molecule has 2 amide bonds. The molecule has 7 nitrogen and oxygen atoms in total. The van der Waals surface area contributed by atoms with E-state index in [1.165, 1.54) is 18.5 Å². The van der Waals surface area contributed by atoms with E-state index in [0.717, 1.165) is 23.5 Å². The quantitative estimate of drug-likeness (QED) is 0.668. The minimum absolute atomic E-state index is 0.00292. The van der Waals surface area contributed by atoms with Crippen molar-refractivity contribution in [3.8, 4) is 11.8 Å². The molecule has 1 aromatic heterocycles. The summed E-state index contributed by atoms with van der Waals surface area (Å²) in [6.07, 6.45) is 4.21. The molecule has 1 fully saturated rings. The number of nitrogen functional groups attached to an aromatic ring is 1. The number of hydrogen-bond donors (Lipinski definition) is 3. The molecule has 0 spiro atoms. The summed E-state index contributed by atoms with van der Waals surface area (Å²) in [6.45, 7) is 0.409. The second kappa shape index (κ2) is 6.79. The van der Waals surface area contributed by atoms with Crippen molar-refractivity contribution in [2.75, 3.05) is 11.1 Å². The molecule has 1 aromatic carbocycles. The van der Waals surface area contributed by atoms with E-state index in [1.54, 1.807) is 0 Å². The maximum absolute atomic E-state index is 14.9. The Labute approximate surface area is 169 Å². The molecule has 4 N–H and O–H groups in total. The van der Waals surface area contributed by atoms with E-state index in [2.05, 4.69) is 27.5 Å². The fourth-order valence-electron chi connectivity index (χ4n) is 3.31. The highest BCUT2D eigenvalue weighted by Crippen LogP contribution is 2.44. The third kappa shape index (κ3) is 3.36. The van der Waals surface area contributed by atoms with Crippen molar-refractivity contribution >= 4 is 17.5 Å². The van der Waals surface area contributed by atoms with Crippen LogP contribution in [0.4, 0.5) is 29.5 Å². The summed E-state index contributed by atoms with van der Waals surface area (Å²) in [4.78, 5) is 27.9. The van der Waals surface area contributed by atoms with E-state index in [4.69, 9.17) is 5.73 Å². The lowest BCUT2D eigenvalue weighted by molar-refractivity contribution is -0.0465. The number of hydrogen-bond acceptors (Lipinski definition) is 4. The Balaban J connectivity index is 1.84. The zero-order chi connectivity index (χ0) is 21.7. The normalized spacial score (nSPS) is 20.5. The van der Waals surface area contributed by atoms with Gasteiger partial charge in [-0.3, -0.25) is 4.79 Å². The van der Waals surface area contributed by atoms with Gasteiger partial charge in [-0.05, 0) is 25.0 Å². The standard InChI is InChI=1S/C20H18F3N5O2/c1-19(22,23)20(5-4-11-2-3-11)13-9-14(21)12(8-15(13)26-18(30)27-20)10-28-7-6-25-16(24)17(28)29/h6-9,11H,2-3,10H2,1H3,(H2,24,25)(H2,26,27,30)/t20-/m0/s1. The van der Waals surface area contributed by atoms with Crippen LogP contribution in [0.3, 0.4) is 0 Å². The van der Waals surface area contributed by atoms with E-state index >= 15 is 0 Å². The molecule has 0 radical (unpaired) electrons. The van der Waals surface area contributed by atoms with Crippen molar-refractivity contribution in [1.82, 2.24) is 14.9 Å². The SMILES string of the molecule is CC(F)(F)[C@@]1(C#CC2CC2)NC(=O)Nc2cc(Cn3ccnc(N)c3=O)c(F)cc21. The minimum atomic E-state index is -3.49. The van der Waals surface area contributed by atoms with Gasteiger partial charge in [0.1, 0.15) is 5.82 Å². The number of rotatable bonds is 3. The van der Waals surface area contributed by atoms with Crippen LogP contribution in [0, 0.1) is 23.6 Å². The third-order valence-corrected chi connectivity index (χ3v) is 5.12. The summed E-state index contributed by atoms with van der Waals surface area (Å²) >= 11 is 0. The van der Waals surface area contributed by atoms with Crippen LogP contribution in [0.15, 0.2) is 29.3 Å². The number of aromatic nitrogens is 2. The van der Waals surface area contributed by atoms with Gasteiger partial charge in [-0.2, -0.15) is 0 Å². The van der Waals surface area contributed by atoms with Crippen molar-refractivity contribution in [3.05, 3.63) is 51.8 Å². The number of anilines is 2. The van der Waals surface area contributed by atoms with Crippen molar-refractivity contribution in [1.29, 1.82) is 0 Å². The summed E-state index contributed by atoms with van der Waals surface area (Å²) in [7, 11) is 0. The third-order valence-electron chi connectivity index (χ3n) is 5.12. The molecular weight excluding hydrogens is 399 g/mol. The summed E-state index contributed by atoms with van der Waals surface area (Å²) in [5.74, 6) is 0.699. The van der Waals surface area contributed by atoms with Gasteiger partial charge in [-0.25, -0.2) is 22.9 Å². The smallest absolute Gasteiger partial charge is 0.320 e. The van der Waals surface area contributed by atoms with Gasteiger partial charge < -0.3 is 20.9 Å². The highest BCUT2D eigenvalue weighted by Gasteiger charge is 2.55. The number of amides is 2. The van der Waals surface area contributed by atoms with Crippen LogP contribution in [-0.4, -0.2) is 21.5 Å². The zero-order valence-corrected chi connectivity index (χ0v) is 15.9. The van der Waals surface area contributed by atoms with Gasteiger partial charge in [0.2, 0.25) is 0 Å². The van der Waals surface area contributed by atoms with Gasteiger partial charge in [0.15, 0.2) is 11.4 Å². The Morgan fingerprint density at radius 2 is 2.10 bits per heavy atom. The zero-order valence-electron chi connectivity index (χ0n) is 15.9. The molecule has 1 aliphatic heterocycles. The van der Waals surface area contributed by atoms with Gasteiger partial charge >= 0.3 is 6.03 Å². The minimum Gasteiger partial charge on any atom is -0.379 e. The van der Waals surface area contributed by atoms with Crippen LogP contribution in [0.1, 0.15) is 30.9 Å². The fourth-order valence-corrected chi connectivity index (χ4v) is 3.31. The number of carbonyl (C=O) groups excluding carboxylic acids is 1. The lowest BCUT2D eigenvalue weighted by atomic mass is 9.81. The first-order valence-electron chi connectivity index (χ1n) is 9.24. The topological polar surface area (TPSA) is 102 Å². The van der Waals surface area contributed by atoms with Crippen LogP contribution < -0.4 is 21.9 Å². The summed E-state index contributed by atoms with van der Waals surface area (Å²) < 4.78 is 45.5. The van der Waals surface area contributed by atoms with Gasteiger partial charge in [-0.1, -0.05) is 11.8 Å². The van der Waals surface area contributed by atoms with Gasteiger partial charge in [0, 0.05) is 42.0 Å². The molecule has 30 heavy (non-hydrogen) atoms. The van der Waals surface area contributed by atoms with Crippen molar-refractivity contribution in [2.45, 2.75) is 37.8 Å². The average molecular weight is 417 g/mol. The lowest BCUT2D eigenvalue weighted by Crippen LogP contribution is -2.59. The largest absolute Gasteiger partial charge is 0.379 e. The number of alkyl halides is 2. The maximum atomic E-state index is 14.9. The molecule has 2 aromatic rings. The Morgan fingerprint density at radius 1 is 1.37 bits per heavy atom. The Morgan fingerprint density at radius 3 is 2.77 bits per heavy atom. The number of halogens is 3. The molecule has 2 heterocycles. The first kappa shape index (κ1) is 19.8. The van der Waals surface area contributed by atoms with Crippen LogP contribution in [0.2, 0.25) is 0 Å². The maximum Gasteiger partial charge on any atom is 0.320 e. The summed E-state index contributed by atoms with van der Waals surface area (Å²) in [6, 6.07) is 1.27. The number of fused-ring (bicyclic) bond motifs is 1. The molecule has 1 saturated carbocycles. The number of nitrogens with zero attached hydrogens (tertiary/aromatic N) is 2. The van der Waals surface area contributed by atoms with Crippen molar-refractivity contribution in [3.63, 3.8) is 0 Å². The highest BCUT2D eigenvalue weighted by atomic mass is 19.3. The van der Waals surface area contributed by atoms with E-state index in [-0.39, 0.29) is 35.1 Å². The second-order valence-corrected chi connectivity index (χ2v) is 7.50. The van der Waals surface area contributed by atoms with E-state index < -0.39 is 28.9 Å². The number of urea groups is 1. The van der Waals surface area contributed by atoms with E-state index in [9.17, 15) is 22.8 Å². The molecular formula is C20H18F3N5O2. The van der Waals surface area contributed by atoms with Crippen molar-refractivity contribution in [2.24, 2.45) is 5.92 Å².